The zero-order chi connectivity index (χ0) is 21.2. The lowest BCUT2D eigenvalue weighted by Crippen LogP contribution is -2.27. The van der Waals surface area contributed by atoms with Gasteiger partial charge in [-0.1, -0.05) is 30.3 Å². The number of carbonyl (C=O) groups is 1. The molecule has 0 saturated carbocycles. The van der Waals surface area contributed by atoms with Gasteiger partial charge in [0, 0.05) is 18.5 Å². The summed E-state index contributed by atoms with van der Waals surface area (Å²) in [6.07, 6.45) is 0. The summed E-state index contributed by atoms with van der Waals surface area (Å²) in [5.74, 6) is 0.591. The van der Waals surface area contributed by atoms with Gasteiger partial charge in [-0.15, -0.1) is 11.3 Å². The van der Waals surface area contributed by atoms with Gasteiger partial charge in [-0.2, -0.15) is 0 Å². The maximum atomic E-state index is 12.9. The number of nitrogens with zero attached hydrogens (tertiary/aromatic N) is 1. The highest BCUT2D eigenvalue weighted by atomic mass is 32.2. The Morgan fingerprint density at radius 3 is 2.41 bits per heavy atom. The van der Waals surface area contributed by atoms with Gasteiger partial charge in [-0.3, -0.25) is 4.79 Å². The van der Waals surface area contributed by atoms with E-state index in [1.54, 1.807) is 32.4 Å². The van der Waals surface area contributed by atoms with E-state index in [0.29, 0.717) is 10.4 Å². The first kappa shape index (κ1) is 21.0. The molecule has 0 aliphatic carbocycles. The molecule has 2 aromatic carbocycles. The van der Waals surface area contributed by atoms with Gasteiger partial charge in [0.25, 0.3) is 5.91 Å². The highest BCUT2D eigenvalue weighted by molar-refractivity contribution is 7.89. The van der Waals surface area contributed by atoms with Crippen molar-refractivity contribution in [3.8, 4) is 16.9 Å². The first-order chi connectivity index (χ1) is 13.7. The van der Waals surface area contributed by atoms with Crippen molar-refractivity contribution >= 4 is 27.3 Å². The van der Waals surface area contributed by atoms with E-state index >= 15 is 0 Å². The molecule has 29 heavy (non-hydrogen) atoms. The second kappa shape index (κ2) is 8.36. The Balaban J connectivity index is 1.84. The lowest BCUT2D eigenvalue weighted by molar-refractivity contribution is 0.0788. The molecule has 8 heteroatoms. The van der Waals surface area contributed by atoms with Crippen molar-refractivity contribution in [2.24, 2.45) is 5.14 Å². The molecule has 1 aromatic heterocycles. The second-order valence-electron chi connectivity index (χ2n) is 6.62. The highest BCUT2D eigenvalue weighted by Gasteiger charge is 2.20. The zero-order valence-corrected chi connectivity index (χ0v) is 18.0. The van der Waals surface area contributed by atoms with Crippen LogP contribution in [-0.4, -0.2) is 33.4 Å². The molecule has 0 atom stereocenters. The minimum absolute atomic E-state index is 0.0286. The van der Waals surface area contributed by atoms with E-state index in [1.165, 1.54) is 22.3 Å². The monoisotopic (exact) mass is 430 g/mol. The molecule has 3 rings (SSSR count). The van der Waals surface area contributed by atoms with Crippen molar-refractivity contribution in [3.63, 3.8) is 0 Å². The van der Waals surface area contributed by atoms with Crippen LogP contribution < -0.4 is 9.88 Å². The molecule has 1 amide bonds. The van der Waals surface area contributed by atoms with Gasteiger partial charge in [0.15, 0.2) is 0 Å². The molecule has 6 nitrogen and oxygen atoms in total. The average Bonchev–Trinajstić information content (AvgIpc) is 3.08. The summed E-state index contributed by atoms with van der Waals surface area (Å²) in [4.78, 5) is 16.1. The van der Waals surface area contributed by atoms with Crippen molar-refractivity contribution in [3.05, 3.63) is 69.9 Å². The Hall–Kier alpha value is -2.68. The number of rotatable bonds is 6. The van der Waals surface area contributed by atoms with E-state index in [1.807, 2.05) is 37.3 Å². The van der Waals surface area contributed by atoms with Crippen LogP contribution in [0, 0.1) is 6.92 Å². The largest absolute Gasteiger partial charge is 0.497 e. The first-order valence-electron chi connectivity index (χ1n) is 8.81. The third-order valence-electron chi connectivity index (χ3n) is 4.56. The molecule has 3 aromatic rings. The third-order valence-corrected chi connectivity index (χ3v) is 6.61. The van der Waals surface area contributed by atoms with Crippen LogP contribution in [0.5, 0.6) is 5.75 Å². The Bertz CT molecular complexity index is 1140. The van der Waals surface area contributed by atoms with Crippen LogP contribution in [0.25, 0.3) is 11.1 Å². The number of ether oxygens (including phenoxy) is 1. The summed E-state index contributed by atoms with van der Waals surface area (Å²) in [5.41, 5.74) is 2.47. The van der Waals surface area contributed by atoms with Crippen molar-refractivity contribution in [2.45, 2.75) is 18.4 Å². The van der Waals surface area contributed by atoms with Crippen LogP contribution in [-0.2, 0) is 16.6 Å². The minimum atomic E-state index is -3.86. The molecule has 0 radical (unpaired) electrons. The van der Waals surface area contributed by atoms with E-state index in [-0.39, 0.29) is 17.3 Å². The fraction of sp³-hybridized carbons (Fsp3) is 0.190. The summed E-state index contributed by atoms with van der Waals surface area (Å²) in [6.45, 7) is 2.11. The summed E-state index contributed by atoms with van der Waals surface area (Å²) in [5, 5.41) is 5.29. The van der Waals surface area contributed by atoms with Crippen LogP contribution >= 0.6 is 11.3 Å². The third kappa shape index (κ3) is 4.67. The second-order valence-corrected chi connectivity index (χ2v) is 9.41. The number of thiophene rings is 1. The van der Waals surface area contributed by atoms with Gasteiger partial charge in [0.1, 0.15) is 5.75 Å². The number of methoxy groups -OCH3 is 1. The van der Waals surface area contributed by atoms with E-state index in [2.05, 4.69) is 0 Å². The maximum Gasteiger partial charge on any atom is 0.263 e. The van der Waals surface area contributed by atoms with E-state index in [4.69, 9.17) is 9.88 Å². The summed E-state index contributed by atoms with van der Waals surface area (Å²) in [6, 6.07) is 16.0. The molecule has 0 aliphatic rings. The molecular weight excluding hydrogens is 408 g/mol. The van der Waals surface area contributed by atoms with Gasteiger partial charge in [-0.05, 0) is 47.9 Å². The number of amides is 1. The summed E-state index contributed by atoms with van der Waals surface area (Å²) < 4.78 is 28.8. The Morgan fingerprint density at radius 1 is 1.14 bits per heavy atom. The fourth-order valence-corrected chi connectivity index (χ4v) is 4.87. The molecule has 2 N–H and O–H groups in total. The van der Waals surface area contributed by atoms with Gasteiger partial charge >= 0.3 is 0 Å². The first-order valence-corrected chi connectivity index (χ1v) is 11.2. The van der Waals surface area contributed by atoms with Crippen molar-refractivity contribution in [1.82, 2.24) is 4.90 Å². The summed E-state index contributed by atoms with van der Waals surface area (Å²) in [7, 11) is -0.600. The van der Waals surface area contributed by atoms with Crippen molar-refractivity contribution in [2.75, 3.05) is 14.2 Å². The van der Waals surface area contributed by atoms with Crippen LogP contribution in [0.15, 0.2) is 59.5 Å². The van der Waals surface area contributed by atoms with Crippen LogP contribution in [0.2, 0.25) is 0 Å². The summed E-state index contributed by atoms with van der Waals surface area (Å²) >= 11 is 1.41. The lowest BCUT2D eigenvalue weighted by Gasteiger charge is -2.18. The predicted octanol–water partition coefficient (Wildman–Crippen LogP) is 3.65. The number of hydrogen-bond donors (Lipinski definition) is 1. The number of primary sulfonamides is 1. The average molecular weight is 431 g/mol. The molecular formula is C21H22N2O4S2. The molecule has 0 saturated heterocycles. The molecule has 0 fully saturated rings. The van der Waals surface area contributed by atoms with Gasteiger partial charge in [0.2, 0.25) is 10.0 Å². The molecule has 1 heterocycles. The van der Waals surface area contributed by atoms with Gasteiger partial charge < -0.3 is 9.64 Å². The maximum absolute atomic E-state index is 12.9. The highest BCUT2D eigenvalue weighted by Crippen LogP contribution is 2.32. The predicted molar refractivity (Wildman–Crippen MR) is 115 cm³/mol. The minimum Gasteiger partial charge on any atom is -0.497 e. The number of benzene rings is 2. The lowest BCUT2D eigenvalue weighted by atomic mass is 10.1. The Morgan fingerprint density at radius 2 is 1.79 bits per heavy atom. The number of aryl methyl sites for hydroxylation is 1. The SMILES string of the molecule is COc1ccc(-c2cc(C(=O)N(C)Cc3ccccc3S(N)(=O)=O)sc2C)cc1. The number of carbonyl (C=O) groups excluding carboxylic acids is 1. The fourth-order valence-electron chi connectivity index (χ4n) is 3.07. The quantitative estimate of drug-likeness (QED) is 0.646. The number of nitrogens with two attached hydrogens (primary N) is 1. The van der Waals surface area contributed by atoms with E-state index in [0.717, 1.165) is 21.8 Å². The van der Waals surface area contributed by atoms with Crippen molar-refractivity contribution < 1.29 is 17.9 Å². The topological polar surface area (TPSA) is 89.7 Å². The normalized spacial score (nSPS) is 11.3. The molecule has 0 aliphatic heterocycles. The number of sulfonamides is 1. The van der Waals surface area contributed by atoms with E-state index < -0.39 is 10.0 Å². The Labute approximate surface area is 174 Å². The van der Waals surface area contributed by atoms with Crippen LogP contribution in [0.4, 0.5) is 0 Å². The van der Waals surface area contributed by atoms with Crippen molar-refractivity contribution in [1.29, 1.82) is 0 Å². The molecule has 0 unspecified atom stereocenters. The van der Waals surface area contributed by atoms with Gasteiger partial charge in [-0.25, -0.2) is 13.6 Å². The molecule has 152 valence electrons. The molecule has 0 bridgehead atoms. The van der Waals surface area contributed by atoms with Gasteiger partial charge in [0.05, 0.1) is 16.9 Å². The smallest absolute Gasteiger partial charge is 0.263 e. The molecule has 0 spiro atoms. The number of hydrogen-bond acceptors (Lipinski definition) is 5. The zero-order valence-electron chi connectivity index (χ0n) is 16.4. The van der Waals surface area contributed by atoms with Crippen LogP contribution in [0.3, 0.4) is 0 Å². The Kier molecular flexibility index (Phi) is 6.07. The standard InChI is InChI=1S/C21H22N2O4S2/c1-14-18(15-8-10-17(27-3)11-9-15)12-19(28-14)21(24)23(2)13-16-6-4-5-7-20(16)29(22,25)26/h4-12H,13H2,1-3H3,(H2,22,25,26). The van der Waals surface area contributed by atoms with Crippen LogP contribution in [0.1, 0.15) is 20.1 Å². The van der Waals surface area contributed by atoms with E-state index in [9.17, 15) is 13.2 Å².